The summed E-state index contributed by atoms with van der Waals surface area (Å²) in [7, 11) is -0.761. The molecule has 1 amide bonds. The second-order valence-corrected chi connectivity index (χ2v) is 6.97. The molecule has 0 aromatic rings. The Kier molecular flexibility index (Phi) is 4.98. The van der Waals surface area contributed by atoms with Gasteiger partial charge in [-0.15, -0.1) is 0 Å². The van der Waals surface area contributed by atoms with Gasteiger partial charge in [-0.3, -0.25) is 9.00 Å². The van der Waals surface area contributed by atoms with Crippen molar-refractivity contribution in [3.05, 3.63) is 0 Å². The van der Waals surface area contributed by atoms with Gasteiger partial charge in [-0.05, 0) is 25.7 Å². The quantitative estimate of drug-likeness (QED) is 0.283. The lowest BCUT2D eigenvalue weighted by atomic mass is 9.78. The molecule has 2 fully saturated rings. The molecular formula is C12H21N3O4S. The average molecular weight is 303 g/mol. The number of rotatable bonds is 3. The van der Waals surface area contributed by atoms with E-state index in [1.54, 1.807) is 0 Å². The lowest BCUT2D eigenvalue weighted by molar-refractivity contribution is -0.132. The van der Waals surface area contributed by atoms with Crippen LogP contribution in [0.5, 0.6) is 0 Å². The second kappa shape index (κ2) is 6.53. The Morgan fingerprint density at radius 3 is 2.50 bits per heavy atom. The Bertz CT molecular complexity index is 411. The first-order chi connectivity index (χ1) is 9.58. The molecule has 4 N–H and O–H groups in total. The maximum Gasteiger partial charge on any atom is 0.234 e. The summed E-state index contributed by atoms with van der Waals surface area (Å²) >= 11 is 0. The third kappa shape index (κ3) is 3.12. The zero-order chi connectivity index (χ0) is 14.6. The van der Waals surface area contributed by atoms with Gasteiger partial charge in [-0.2, -0.15) is 0 Å². The first-order valence-corrected chi connectivity index (χ1v) is 8.29. The average Bonchev–Trinajstić information content (AvgIpc) is 2.49. The highest BCUT2D eigenvalue weighted by Crippen LogP contribution is 2.31. The van der Waals surface area contributed by atoms with Crippen LogP contribution in [0.2, 0.25) is 0 Å². The number of hydrogen-bond donors (Lipinski definition) is 3. The monoisotopic (exact) mass is 303 g/mol. The van der Waals surface area contributed by atoms with Gasteiger partial charge in [0, 0.05) is 41.6 Å². The molecule has 2 rings (SSSR count). The molecule has 8 heteroatoms. The minimum atomic E-state index is -0.983. The number of amides is 1. The van der Waals surface area contributed by atoms with Gasteiger partial charge < -0.3 is 21.0 Å². The smallest absolute Gasteiger partial charge is 0.234 e. The molecule has 0 saturated carbocycles. The number of nitrogens with one attached hydrogen (secondary N) is 1. The molecule has 2 aliphatic rings. The van der Waals surface area contributed by atoms with Crippen LogP contribution >= 0.6 is 0 Å². The highest BCUT2D eigenvalue weighted by atomic mass is 32.2. The largest absolute Gasteiger partial charge is 0.409 e. The van der Waals surface area contributed by atoms with Gasteiger partial charge in [-0.1, -0.05) is 5.16 Å². The fraction of sp³-hybridized carbons (Fsp3) is 0.833. The van der Waals surface area contributed by atoms with Crippen molar-refractivity contribution in [2.75, 3.05) is 24.7 Å². The van der Waals surface area contributed by atoms with Crippen molar-refractivity contribution in [2.45, 2.75) is 31.7 Å². The molecule has 0 spiro atoms. The van der Waals surface area contributed by atoms with Crippen molar-refractivity contribution in [3.8, 4) is 0 Å². The molecule has 0 radical (unpaired) electrons. The normalized spacial score (nSPS) is 30.7. The Morgan fingerprint density at radius 2 is 1.95 bits per heavy atom. The predicted octanol–water partition coefficient (Wildman–Crippen LogP) is -0.443. The molecule has 20 heavy (non-hydrogen) atoms. The first-order valence-electron chi connectivity index (χ1n) is 6.80. The van der Waals surface area contributed by atoms with Crippen LogP contribution in [-0.4, -0.2) is 51.9 Å². The fourth-order valence-corrected chi connectivity index (χ4v) is 3.98. The van der Waals surface area contributed by atoms with E-state index < -0.39 is 16.2 Å². The van der Waals surface area contributed by atoms with Gasteiger partial charge >= 0.3 is 0 Å². The zero-order valence-electron chi connectivity index (χ0n) is 11.3. The Morgan fingerprint density at radius 1 is 1.35 bits per heavy atom. The van der Waals surface area contributed by atoms with Gasteiger partial charge in [0.25, 0.3) is 0 Å². The molecular weight excluding hydrogens is 282 g/mol. The molecule has 0 aliphatic carbocycles. The van der Waals surface area contributed by atoms with Gasteiger partial charge in [0.1, 0.15) is 5.41 Å². The van der Waals surface area contributed by atoms with Crippen molar-refractivity contribution in [2.24, 2.45) is 16.3 Å². The van der Waals surface area contributed by atoms with Crippen LogP contribution < -0.4 is 11.1 Å². The molecule has 0 aromatic heterocycles. The molecule has 2 heterocycles. The Labute approximate surface area is 120 Å². The van der Waals surface area contributed by atoms with Gasteiger partial charge in [-0.25, -0.2) is 0 Å². The maximum absolute atomic E-state index is 12.6. The fourth-order valence-electron chi connectivity index (χ4n) is 2.68. The highest BCUT2D eigenvalue weighted by Gasteiger charge is 2.45. The summed E-state index contributed by atoms with van der Waals surface area (Å²) in [4.78, 5) is 12.6. The standard InChI is InChI=1S/C12H21N3O4S/c13-10(15-17)12(3-5-19-6-4-12)11(16)14-9-1-7-20(18)8-2-9/h9,17H,1-8H2,(H2,13,15)(H,14,16). The maximum atomic E-state index is 12.6. The van der Waals surface area contributed by atoms with E-state index in [2.05, 4.69) is 10.5 Å². The highest BCUT2D eigenvalue weighted by molar-refractivity contribution is 7.85. The minimum absolute atomic E-state index is 0.0198. The van der Waals surface area contributed by atoms with Crippen LogP contribution in [0.25, 0.3) is 0 Å². The third-order valence-corrected chi connectivity index (χ3v) is 5.48. The number of oxime groups is 1. The van der Waals surface area contributed by atoms with Crippen LogP contribution in [0.3, 0.4) is 0 Å². The van der Waals surface area contributed by atoms with E-state index in [0.717, 1.165) is 0 Å². The first kappa shape index (κ1) is 15.2. The number of carbonyl (C=O) groups excluding carboxylic acids is 1. The lowest BCUT2D eigenvalue weighted by Crippen LogP contribution is -2.55. The van der Waals surface area contributed by atoms with Crippen molar-refractivity contribution < 1.29 is 18.9 Å². The van der Waals surface area contributed by atoms with Crippen molar-refractivity contribution in [1.29, 1.82) is 0 Å². The van der Waals surface area contributed by atoms with Gasteiger partial charge in [0.2, 0.25) is 5.91 Å². The summed E-state index contributed by atoms with van der Waals surface area (Å²) in [6.07, 6.45) is 2.24. The van der Waals surface area contributed by atoms with Crippen LogP contribution in [0.1, 0.15) is 25.7 Å². The Balaban J connectivity index is 2.05. The topological polar surface area (TPSA) is 114 Å². The van der Waals surface area contributed by atoms with E-state index in [4.69, 9.17) is 15.7 Å². The summed E-state index contributed by atoms with van der Waals surface area (Å²) < 4.78 is 16.6. The number of ether oxygens (including phenoxy) is 1. The number of hydrogen-bond acceptors (Lipinski definition) is 5. The molecule has 2 saturated heterocycles. The van der Waals surface area contributed by atoms with Crippen molar-refractivity contribution in [1.82, 2.24) is 5.32 Å². The molecule has 0 unspecified atom stereocenters. The number of amidine groups is 1. The van der Waals surface area contributed by atoms with E-state index in [1.807, 2.05) is 0 Å². The van der Waals surface area contributed by atoms with Crippen molar-refractivity contribution in [3.63, 3.8) is 0 Å². The van der Waals surface area contributed by atoms with E-state index in [-0.39, 0.29) is 17.8 Å². The van der Waals surface area contributed by atoms with Crippen LogP contribution in [0.4, 0.5) is 0 Å². The number of nitrogens with zero attached hydrogens (tertiary/aromatic N) is 1. The molecule has 0 bridgehead atoms. The van der Waals surface area contributed by atoms with E-state index in [1.165, 1.54) is 0 Å². The van der Waals surface area contributed by atoms with Crippen LogP contribution in [0, 0.1) is 5.41 Å². The molecule has 0 atom stereocenters. The van der Waals surface area contributed by atoms with E-state index in [9.17, 15) is 9.00 Å². The zero-order valence-corrected chi connectivity index (χ0v) is 12.2. The molecule has 2 aliphatic heterocycles. The predicted molar refractivity (Wildman–Crippen MR) is 74.9 cm³/mol. The van der Waals surface area contributed by atoms with Gasteiger partial charge in [0.05, 0.1) is 0 Å². The second-order valence-electron chi connectivity index (χ2n) is 5.28. The van der Waals surface area contributed by atoms with Crippen LogP contribution in [0.15, 0.2) is 5.16 Å². The lowest BCUT2D eigenvalue weighted by Gasteiger charge is -2.36. The number of carbonyl (C=O) groups is 1. The van der Waals surface area contributed by atoms with Gasteiger partial charge in [0.15, 0.2) is 5.84 Å². The summed E-state index contributed by atoms with van der Waals surface area (Å²) in [6.45, 7) is 0.830. The SMILES string of the molecule is NC(=NO)C1(C(=O)NC2CCS(=O)CC2)CCOCC1. The van der Waals surface area contributed by atoms with Crippen molar-refractivity contribution >= 4 is 22.5 Å². The van der Waals surface area contributed by atoms with E-state index >= 15 is 0 Å². The van der Waals surface area contributed by atoms with E-state index in [0.29, 0.717) is 50.4 Å². The summed E-state index contributed by atoms with van der Waals surface area (Å²) in [5.74, 6) is 0.960. The van der Waals surface area contributed by atoms with Crippen LogP contribution in [-0.2, 0) is 20.3 Å². The third-order valence-electron chi connectivity index (χ3n) is 4.10. The minimum Gasteiger partial charge on any atom is -0.409 e. The molecule has 114 valence electrons. The summed E-state index contributed by atoms with van der Waals surface area (Å²) in [5.41, 5.74) is 4.76. The molecule has 7 nitrogen and oxygen atoms in total. The summed E-state index contributed by atoms with van der Waals surface area (Å²) in [6, 6.07) is 0.0198. The summed E-state index contributed by atoms with van der Waals surface area (Å²) in [5, 5.41) is 14.9. The molecule has 0 aromatic carbocycles. The number of nitrogens with two attached hydrogens (primary N) is 1. The Hall–Kier alpha value is -1.15.